The molecule has 1 N–H and O–H groups in total. The van der Waals surface area contributed by atoms with Crippen molar-refractivity contribution in [3.05, 3.63) is 17.6 Å². The fourth-order valence-electron chi connectivity index (χ4n) is 3.09. The Bertz CT molecular complexity index is 485. The highest BCUT2D eigenvalue weighted by Gasteiger charge is 2.40. The van der Waals surface area contributed by atoms with E-state index >= 15 is 0 Å². The minimum Gasteiger partial charge on any atom is -0.379 e. The maximum atomic E-state index is 5.51. The first-order valence-corrected chi connectivity index (χ1v) is 8.80. The van der Waals surface area contributed by atoms with Crippen molar-refractivity contribution in [3.63, 3.8) is 0 Å². The van der Waals surface area contributed by atoms with Gasteiger partial charge in [-0.05, 0) is 26.0 Å². The SMILES string of the molecule is Cc1cnc(C)c(NC[C@]2(N3CCOCC3)CCSC2)n1. The fourth-order valence-corrected chi connectivity index (χ4v) is 4.57. The second kappa shape index (κ2) is 6.50. The molecule has 116 valence electrons. The zero-order valence-corrected chi connectivity index (χ0v) is 13.7. The Morgan fingerprint density at radius 3 is 2.90 bits per heavy atom. The van der Waals surface area contributed by atoms with Crippen LogP contribution >= 0.6 is 11.8 Å². The lowest BCUT2D eigenvalue weighted by molar-refractivity contribution is -0.00923. The number of morpholine rings is 1. The molecule has 2 aliphatic heterocycles. The predicted octanol–water partition coefficient (Wildman–Crippen LogP) is 1.71. The molecule has 1 aromatic heterocycles. The topological polar surface area (TPSA) is 50.3 Å². The lowest BCUT2D eigenvalue weighted by atomic mass is 9.95. The van der Waals surface area contributed by atoms with Crippen molar-refractivity contribution >= 4 is 17.6 Å². The summed E-state index contributed by atoms with van der Waals surface area (Å²) in [6, 6.07) is 0. The molecule has 2 saturated heterocycles. The first-order valence-electron chi connectivity index (χ1n) is 7.64. The number of anilines is 1. The largest absolute Gasteiger partial charge is 0.379 e. The first-order chi connectivity index (χ1) is 10.2. The molecule has 3 heterocycles. The molecular weight excluding hydrogens is 284 g/mol. The summed E-state index contributed by atoms with van der Waals surface area (Å²) in [4.78, 5) is 11.6. The van der Waals surface area contributed by atoms with Gasteiger partial charge in [-0.1, -0.05) is 0 Å². The van der Waals surface area contributed by atoms with Crippen molar-refractivity contribution in [1.29, 1.82) is 0 Å². The molecule has 0 aliphatic carbocycles. The summed E-state index contributed by atoms with van der Waals surface area (Å²) in [6.07, 6.45) is 3.06. The minimum atomic E-state index is 0.242. The summed E-state index contributed by atoms with van der Waals surface area (Å²) < 4.78 is 5.51. The highest BCUT2D eigenvalue weighted by atomic mass is 32.2. The molecule has 0 aromatic carbocycles. The van der Waals surface area contributed by atoms with Crippen LogP contribution in [-0.4, -0.2) is 64.8 Å². The quantitative estimate of drug-likeness (QED) is 0.914. The molecular formula is C15H24N4OS. The lowest BCUT2D eigenvalue weighted by Crippen LogP contribution is -2.57. The number of ether oxygens (including phenoxy) is 1. The number of hydrogen-bond acceptors (Lipinski definition) is 6. The van der Waals surface area contributed by atoms with Crippen LogP contribution in [0.3, 0.4) is 0 Å². The molecule has 2 fully saturated rings. The molecule has 1 aromatic rings. The number of aromatic nitrogens is 2. The van der Waals surface area contributed by atoms with Crippen LogP contribution in [0.25, 0.3) is 0 Å². The molecule has 0 radical (unpaired) electrons. The van der Waals surface area contributed by atoms with E-state index in [2.05, 4.69) is 31.9 Å². The molecule has 1 atom stereocenters. The van der Waals surface area contributed by atoms with Crippen molar-refractivity contribution in [2.24, 2.45) is 0 Å². The molecule has 0 bridgehead atoms. The Hall–Kier alpha value is -0.850. The van der Waals surface area contributed by atoms with Crippen LogP contribution in [0.2, 0.25) is 0 Å². The van der Waals surface area contributed by atoms with Gasteiger partial charge in [-0.15, -0.1) is 0 Å². The number of hydrogen-bond donors (Lipinski definition) is 1. The van der Waals surface area contributed by atoms with E-state index in [1.807, 2.05) is 20.0 Å². The third-order valence-corrected chi connectivity index (χ3v) is 5.66. The van der Waals surface area contributed by atoms with Gasteiger partial charge in [0.25, 0.3) is 0 Å². The van der Waals surface area contributed by atoms with Gasteiger partial charge in [-0.3, -0.25) is 9.88 Å². The van der Waals surface area contributed by atoms with Gasteiger partial charge in [-0.25, -0.2) is 4.98 Å². The molecule has 5 nitrogen and oxygen atoms in total. The van der Waals surface area contributed by atoms with Gasteiger partial charge in [0.05, 0.1) is 24.6 Å². The third kappa shape index (κ3) is 3.33. The Kier molecular flexibility index (Phi) is 4.66. The van der Waals surface area contributed by atoms with Crippen LogP contribution in [0.4, 0.5) is 5.82 Å². The molecule has 3 rings (SSSR count). The average molecular weight is 308 g/mol. The van der Waals surface area contributed by atoms with E-state index in [1.165, 1.54) is 17.9 Å². The standard InChI is InChI=1S/C15H24N4OS/c1-12-9-16-13(2)14(18-12)17-10-15(3-8-21-11-15)19-4-6-20-7-5-19/h9H,3-8,10-11H2,1-2H3,(H,17,18)/t15-/m1/s1. The maximum Gasteiger partial charge on any atom is 0.147 e. The average Bonchev–Trinajstić information content (AvgIpc) is 2.99. The number of nitrogens with zero attached hydrogens (tertiary/aromatic N) is 3. The smallest absolute Gasteiger partial charge is 0.147 e. The van der Waals surface area contributed by atoms with E-state index in [1.54, 1.807) is 0 Å². The minimum absolute atomic E-state index is 0.242. The summed E-state index contributed by atoms with van der Waals surface area (Å²) in [6.45, 7) is 8.74. The normalized spacial score (nSPS) is 27.0. The zero-order valence-electron chi connectivity index (χ0n) is 12.9. The Morgan fingerprint density at radius 1 is 1.38 bits per heavy atom. The fraction of sp³-hybridized carbons (Fsp3) is 0.733. The molecule has 0 spiro atoms. The zero-order chi connectivity index (χ0) is 14.7. The van der Waals surface area contributed by atoms with E-state index in [9.17, 15) is 0 Å². The van der Waals surface area contributed by atoms with Crippen molar-refractivity contribution in [3.8, 4) is 0 Å². The van der Waals surface area contributed by atoms with E-state index in [4.69, 9.17) is 4.74 Å². The van der Waals surface area contributed by atoms with Gasteiger partial charge in [0.15, 0.2) is 0 Å². The van der Waals surface area contributed by atoms with Crippen LogP contribution < -0.4 is 5.32 Å². The van der Waals surface area contributed by atoms with Crippen LogP contribution in [0.1, 0.15) is 17.8 Å². The van der Waals surface area contributed by atoms with Crippen molar-refractivity contribution in [2.75, 3.05) is 49.7 Å². The number of thioether (sulfide) groups is 1. The monoisotopic (exact) mass is 308 g/mol. The number of nitrogens with one attached hydrogen (secondary N) is 1. The molecule has 0 unspecified atom stereocenters. The summed E-state index contributed by atoms with van der Waals surface area (Å²) in [7, 11) is 0. The van der Waals surface area contributed by atoms with Crippen LogP contribution in [0.15, 0.2) is 6.20 Å². The van der Waals surface area contributed by atoms with Gasteiger partial charge in [0.1, 0.15) is 5.82 Å². The highest BCUT2D eigenvalue weighted by Crippen LogP contribution is 2.34. The lowest BCUT2D eigenvalue weighted by Gasteiger charge is -2.43. The van der Waals surface area contributed by atoms with E-state index in [-0.39, 0.29) is 5.54 Å². The summed E-state index contributed by atoms with van der Waals surface area (Å²) >= 11 is 2.06. The molecule has 2 aliphatic rings. The van der Waals surface area contributed by atoms with Gasteiger partial charge in [-0.2, -0.15) is 11.8 Å². The van der Waals surface area contributed by atoms with E-state index < -0.39 is 0 Å². The van der Waals surface area contributed by atoms with Gasteiger partial charge in [0.2, 0.25) is 0 Å². The summed E-state index contributed by atoms with van der Waals surface area (Å²) in [5, 5.41) is 3.56. The number of aryl methyl sites for hydroxylation is 2. The van der Waals surface area contributed by atoms with Gasteiger partial charge < -0.3 is 10.1 Å². The second-order valence-corrected chi connectivity index (χ2v) is 7.03. The molecule has 0 saturated carbocycles. The van der Waals surface area contributed by atoms with Crippen LogP contribution in [0, 0.1) is 13.8 Å². The van der Waals surface area contributed by atoms with Gasteiger partial charge >= 0.3 is 0 Å². The van der Waals surface area contributed by atoms with E-state index in [0.717, 1.165) is 50.1 Å². The van der Waals surface area contributed by atoms with Crippen LogP contribution in [-0.2, 0) is 4.74 Å². The number of rotatable bonds is 4. The Morgan fingerprint density at radius 2 is 2.19 bits per heavy atom. The summed E-state index contributed by atoms with van der Waals surface area (Å²) in [5.74, 6) is 3.37. The maximum absolute atomic E-state index is 5.51. The van der Waals surface area contributed by atoms with Crippen molar-refractivity contribution in [2.45, 2.75) is 25.8 Å². The molecule has 6 heteroatoms. The highest BCUT2D eigenvalue weighted by molar-refractivity contribution is 7.99. The van der Waals surface area contributed by atoms with Crippen molar-refractivity contribution in [1.82, 2.24) is 14.9 Å². The predicted molar refractivity (Wildman–Crippen MR) is 87.1 cm³/mol. The molecule has 21 heavy (non-hydrogen) atoms. The Balaban J connectivity index is 1.71. The third-order valence-electron chi connectivity index (χ3n) is 4.43. The van der Waals surface area contributed by atoms with Gasteiger partial charge in [0, 0.05) is 37.1 Å². The first kappa shape index (κ1) is 15.1. The van der Waals surface area contributed by atoms with Crippen molar-refractivity contribution < 1.29 is 4.74 Å². The van der Waals surface area contributed by atoms with E-state index in [0.29, 0.717) is 0 Å². The molecule has 0 amide bonds. The van der Waals surface area contributed by atoms with Crippen LogP contribution in [0.5, 0.6) is 0 Å². The summed E-state index contributed by atoms with van der Waals surface area (Å²) in [5.41, 5.74) is 2.18. The Labute approximate surface area is 130 Å². The second-order valence-electron chi connectivity index (χ2n) is 5.93.